The summed E-state index contributed by atoms with van der Waals surface area (Å²) in [6, 6.07) is 14.5. The van der Waals surface area contributed by atoms with E-state index < -0.39 is 12.0 Å². The molecule has 0 spiro atoms. The Labute approximate surface area is 222 Å². The molecule has 2 aromatic heterocycles. The van der Waals surface area contributed by atoms with Gasteiger partial charge in [0.25, 0.3) is 5.56 Å². The quantitative estimate of drug-likeness (QED) is 0.282. The number of hydrogen-bond donors (Lipinski definition) is 0. The fraction of sp³-hybridized carbons (Fsp3) is 0.214. The number of carbonyl (C=O) groups is 1. The van der Waals surface area contributed by atoms with Crippen LogP contribution in [0.25, 0.3) is 17.0 Å². The molecule has 1 aliphatic heterocycles. The van der Waals surface area contributed by atoms with Crippen LogP contribution in [0.2, 0.25) is 5.15 Å². The normalized spacial score (nSPS) is 15.5. The molecule has 0 saturated heterocycles. The smallest absolute Gasteiger partial charge is 0.338 e. The number of halogens is 1. The largest absolute Gasteiger partial charge is 0.497 e. The summed E-state index contributed by atoms with van der Waals surface area (Å²) >= 11 is 7.75. The lowest BCUT2D eigenvalue weighted by Crippen LogP contribution is -2.39. The number of nitrogens with zero attached hydrogens (tertiary/aromatic N) is 3. The van der Waals surface area contributed by atoms with E-state index in [-0.39, 0.29) is 17.3 Å². The van der Waals surface area contributed by atoms with Gasteiger partial charge in [0, 0.05) is 17.0 Å². The first kappa shape index (κ1) is 24.9. The second-order valence-electron chi connectivity index (χ2n) is 8.64. The molecule has 1 atom stereocenters. The zero-order chi connectivity index (χ0) is 26.3. The molecule has 3 heterocycles. The van der Waals surface area contributed by atoms with Gasteiger partial charge >= 0.3 is 5.97 Å². The molecule has 0 fully saturated rings. The Balaban J connectivity index is 1.70. The van der Waals surface area contributed by atoms with Gasteiger partial charge in [0.15, 0.2) is 4.80 Å². The van der Waals surface area contributed by atoms with E-state index in [1.54, 1.807) is 37.7 Å². The van der Waals surface area contributed by atoms with E-state index in [9.17, 15) is 9.59 Å². The minimum absolute atomic E-state index is 0.222. The third-order valence-electron chi connectivity index (χ3n) is 6.20. The van der Waals surface area contributed by atoms with E-state index in [0.717, 1.165) is 16.5 Å². The predicted octanol–water partition coefficient (Wildman–Crippen LogP) is 4.32. The number of thiazole rings is 1. The predicted molar refractivity (Wildman–Crippen MR) is 145 cm³/mol. The number of aryl methyl sites for hydroxylation is 1. The van der Waals surface area contributed by atoms with E-state index in [0.29, 0.717) is 37.4 Å². The van der Waals surface area contributed by atoms with Crippen molar-refractivity contribution >= 4 is 45.9 Å². The van der Waals surface area contributed by atoms with E-state index in [4.69, 9.17) is 21.1 Å². The fourth-order valence-corrected chi connectivity index (χ4v) is 5.60. The van der Waals surface area contributed by atoms with Crippen LogP contribution in [-0.2, 0) is 9.53 Å². The lowest BCUT2D eigenvalue weighted by molar-refractivity contribution is -0.139. The number of pyridine rings is 1. The molecule has 0 unspecified atom stereocenters. The van der Waals surface area contributed by atoms with E-state index >= 15 is 0 Å². The van der Waals surface area contributed by atoms with Gasteiger partial charge in [-0.15, -0.1) is 0 Å². The summed E-state index contributed by atoms with van der Waals surface area (Å²) in [7, 11) is 1.59. The number of aromatic nitrogens is 2. The molecule has 1 aliphatic rings. The second kappa shape index (κ2) is 9.95. The highest BCUT2D eigenvalue weighted by Gasteiger charge is 2.33. The first-order chi connectivity index (χ1) is 17.8. The molecule has 37 heavy (non-hydrogen) atoms. The third-order valence-corrected chi connectivity index (χ3v) is 7.49. The molecule has 7 nitrogen and oxygen atoms in total. The monoisotopic (exact) mass is 533 g/mol. The van der Waals surface area contributed by atoms with Crippen LogP contribution < -0.4 is 19.6 Å². The van der Waals surface area contributed by atoms with E-state index in [2.05, 4.69) is 9.98 Å². The molecule has 9 heteroatoms. The van der Waals surface area contributed by atoms with Crippen LogP contribution in [-0.4, -0.2) is 29.2 Å². The Hall–Kier alpha value is -3.75. The van der Waals surface area contributed by atoms with E-state index in [1.807, 2.05) is 49.4 Å². The number of carbonyl (C=O) groups excluding carboxylic acids is 1. The number of rotatable bonds is 5. The maximum absolute atomic E-state index is 13.8. The number of fused-ring (bicyclic) bond motifs is 2. The van der Waals surface area contributed by atoms with Crippen molar-refractivity contribution in [2.45, 2.75) is 26.8 Å². The topological polar surface area (TPSA) is 82.8 Å². The molecule has 188 valence electrons. The van der Waals surface area contributed by atoms with Crippen LogP contribution in [0.15, 0.2) is 69.6 Å². The SMILES string of the molecule is CCOC(=O)C1=C(C)N=c2s/c(=C/c3cc4ccc(OC)cc4nc3Cl)c(=O)n2[C@@H]1c1ccc(C)cc1. The lowest BCUT2D eigenvalue weighted by Gasteiger charge is -2.24. The maximum atomic E-state index is 13.8. The van der Waals surface area contributed by atoms with Gasteiger partial charge < -0.3 is 9.47 Å². The first-order valence-corrected chi connectivity index (χ1v) is 12.9. The van der Waals surface area contributed by atoms with Crippen molar-refractivity contribution < 1.29 is 14.3 Å². The maximum Gasteiger partial charge on any atom is 0.338 e. The molecule has 0 aliphatic carbocycles. The molecule has 0 amide bonds. The Morgan fingerprint density at radius 3 is 2.62 bits per heavy atom. The summed E-state index contributed by atoms with van der Waals surface area (Å²) < 4.78 is 12.6. The van der Waals surface area contributed by atoms with Gasteiger partial charge in [-0.2, -0.15) is 0 Å². The Kier molecular flexibility index (Phi) is 6.70. The molecule has 0 saturated carbocycles. The molecule has 4 aromatic rings. The second-order valence-corrected chi connectivity index (χ2v) is 10.0. The van der Waals surface area contributed by atoms with Crippen molar-refractivity contribution in [3.8, 4) is 5.75 Å². The van der Waals surface area contributed by atoms with E-state index in [1.165, 1.54) is 11.3 Å². The van der Waals surface area contributed by atoms with Crippen molar-refractivity contribution in [2.24, 2.45) is 4.99 Å². The number of methoxy groups -OCH3 is 1. The highest BCUT2D eigenvalue weighted by Crippen LogP contribution is 2.31. The van der Waals surface area contributed by atoms with Crippen LogP contribution in [0.4, 0.5) is 0 Å². The van der Waals surface area contributed by atoms with Crippen LogP contribution in [0, 0.1) is 6.92 Å². The van der Waals surface area contributed by atoms with Crippen LogP contribution >= 0.6 is 22.9 Å². The summed E-state index contributed by atoms with van der Waals surface area (Å²) in [4.78, 5) is 36.4. The Morgan fingerprint density at radius 2 is 1.92 bits per heavy atom. The van der Waals surface area contributed by atoms with Crippen molar-refractivity contribution in [3.05, 3.63) is 101 Å². The molecule has 5 rings (SSSR count). The van der Waals surface area contributed by atoms with Gasteiger partial charge in [0.05, 0.1) is 41.1 Å². The van der Waals surface area contributed by atoms with Crippen LogP contribution in [0.3, 0.4) is 0 Å². The Bertz CT molecular complexity index is 1750. The van der Waals surface area contributed by atoms with Crippen LogP contribution in [0.5, 0.6) is 5.75 Å². The van der Waals surface area contributed by atoms with Gasteiger partial charge in [-0.05, 0) is 50.6 Å². The standard InChI is InChI=1S/C28H24ClN3O4S/c1-5-36-27(34)23-16(3)30-28-32(24(23)17-8-6-15(2)7-9-17)26(33)22(37-28)13-19-12-18-10-11-20(35-4)14-21(18)31-25(19)29/h6-14,24H,5H2,1-4H3/b22-13+/t24-/m1/s1. The lowest BCUT2D eigenvalue weighted by atomic mass is 9.95. The summed E-state index contributed by atoms with van der Waals surface area (Å²) in [6.07, 6.45) is 1.72. The zero-order valence-electron chi connectivity index (χ0n) is 20.7. The van der Waals surface area contributed by atoms with Crippen molar-refractivity contribution in [1.82, 2.24) is 9.55 Å². The summed E-state index contributed by atoms with van der Waals surface area (Å²) in [5.41, 5.74) is 3.78. The minimum Gasteiger partial charge on any atom is -0.497 e. The molecule has 2 aromatic carbocycles. The van der Waals surface area contributed by atoms with Gasteiger partial charge in [-0.1, -0.05) is 52.8 Å². The third kappa shape index (κ3) is 4.58. The summed E-state index contributed by atoms with van der Waals surface area (Å²) in [5.74, 6) is 0.196. The van der Waals surface area contributed by atoms with Gasteiger partial charge in [-0.25, -0.2) is 14.8 Å². The van der Waals surface area contributed by atoms with Gasteiger partial charge in [0.2, 0.25) is 0 Å². The van der Waals surface area contributed by atoms with Gasteiger partial charge in [0.1, 0.15) is 10.9 Å². The number of allylic oxidation sites excluding steroid dienone is 1. The molecule has 0 bridgehead atoms. The first-order valence-electron chi connectivity index (χ1n) is 11.7. The molecule has 0 N–H and O–H groups in total. The Morgan fingerprint density at radius 1 is 1.16 bits per heavy atom. The number of benzene rings is 2. The molecular weight excluding hydrogens is 510 g/mol. The van der Waals surface area contributed by atoms with Crippen LogP contribution in [0.1, 0.15) is 36.6 Å². The number of hydrogen-bond acceptors (Lipinski definition) is 7. The fourth-order valence-electron chi connectivity index (χ4n) is 4.36. The number of esters is 1. The number of ether oxygens (including phenoxy) is 2. The van der Waals surface area contributed by atoms with Crippen molar-refractivity contribution in [3.63, 3.8) is 0 Å². The summed E-state index contributed by atoms with van der Waals surface area (Å²) in [5, 5.41) is 1.13. The minimum atomic E-state index is -0.657. The van der Waals surface area contributed by atoms with Crippen molar-refractivity contribution in [1.29, 1.82) is 0 Å². The highest BCUT2D eigenvalue weighted by molar-refractivity contribution is 7.07. The summed E-state index contributed by atoms with van der Waals surface area (Å²) in [6.45, 7) is 5.73. The molecule has 0 radical (unpaired) electrons. The van der Waals surface area contributed by atoms with Gasteiger partial charge in [-0.3, -0.25) is 9.36 Å². The average Bonchev–Trinajstić information content (AvgIpc) is 3.18. The highest BCUT2D eigenvalue weighted by atomic mass is 35.5. The molecular formula is C28H24ClN3O4S. The van der Waals surface area contributed by atoms with Crippen molar-refractivity contribution in [2.75, 3.05) is 13.7 Å². The average molecular weight is 534 g/mol. The zero-order valence-corrected chi connectivity index (χ0v) is 22.3.